The van der Waals surface area contributed by atoms with Crippen molar-refractivity contribution in [3.05, 3.63) is 0 Å². The van der Waals surface area contributed by atoms with Crippen LogP contribution in [-0.4, -0.2) is 48.6 Å². The van der Waals surface area contributed by atoms with Crippen LogP contribution in [0.5, 0.6) is 0 Å². The lowest BCUT2D eigenvalue weighted by Crippen LogP contribution is -2.54. The molecule has 0 aromatic heterocycles. The second-order valence-electron chi connectivity index (χ2n) is 3.99. The quantitative estimate of drug-likeness (QED) is 0.388. The molecule has 0 spiro atoms. The molecule has 3 N–H and O–H groups in total. The largest absolute Gasteiger partial charge is 0.370 e. The standard InChI is InChI=1S/C8H12I2N4O4S2/c9-19-16-2-5-4(18-20-10)1-6(17-5)14-3-12-7(11)13-8(14)15/h4-6H,1-3H2,(H3,11,12,13,15). The van der Waals surface area contributed by atoms with Crippen molar-refractivity contribution in [2.45, 2.75) is 24.9 Å². The SMILES string of the molecule is NC1=NCN(C2CC(OSI)C(COSI)O2)C(=O)N1. The van der Waals surface area contributed by atoms with E-state index in [4.69, 9.17) is 18.8 Å². The third-order valence-corrected chi connectivity index (χ3v) is 4.78. The first-order valence-corrected chi connectivity index (χ1v) is 12.1. The van der Waals surface area contributed by atoms with Crippen LogP contribution in [0.2, 0.25) is 0 Å². The molecule has 0 radical (unpaired) electrons. The first-order valence-electron chi connectivity index (χ1n) is 5.53. The summed E-state index contributed by atoms with van der Waals surface area (Å²) in [5.74, 6) is 0.126. The molecule has 114 valence electrons. The van der Waals surface area contributed by atoms with Crippen molar-refractivity contribution >= 4 is 72.8 Å². The lowest BCUT2D eigenvalue weighted by molar-refractivity contribution is -0.0535. The highest BCUT2D eigenvalue weighted by Gasteiger charge is 2.42. The van der Waals surface area contributed by atoms with Crippen molar-refractivity contribution in [1.29, 1.82) is 0 Å². The maximum Gasteiger partial charge on any atom is 0.327 e. The van der Waals surface area contributed by atoms with Crippen LogP contribution in [0, 0.1) is 0 Å². The van der Waals surface area contributed by atoms with Crippen LogP contribution in [0.3, 0.4) is 0 Å². The van der Waals surface area contributed by atoms with Crippen molar-refractivity contribution in [3.8, 4) is 0 Å². The maximum absolute atomic E-state index is 11.9. The average Bonchev–Trinajstić information content (AvgIpc) is 2.80. The van der Waals surface area contributed by atoms with E-state index in [0.717, 1.165) is 0 Å². The number of nitrogens with zero attached hydrogens (tertiary/aromatic N) is 2. The molecule has 8 nitrogen and oxygen atoms in total. The molecule has 0 aromatic carbocycles. The number of urea groups is 1. The molecule has 2 rings (SSSR count). The molecule has 0 bridgehead atoms. The Balaban J connectivity index is 1.98. The summed E-state index contributed by atoms with van der Waals surface area (Å²) in [7, 11) is 2.49. The predicted octanol–water partition coefficient (Wildman–Crippen LogP) is 1.80. The van der Waals surface area contributed by atoms with E-state index in [1.54, 1.807) is 0 Å². The number of carbonyl (C=O) groups is 1. The van der Waals surface area contributed by atoms with Gasteiger partial charge in [0.1, 0.15) is 25.1 Å². The van der Waals surface area contributed by atoms with Gasteiger partial charge in [0.25, 0.3) is 0 Å². The maximum atomic E-state index is 11.9. The van der Waals surface area contributed by atoms with Gasteiger partial charge in [-0.15, -0.1) is 0 Å². The van der Waals surface area contributed by atoms with Crippen LogP contribution < -0.4 is 11.1 Å². The minimum absolute atomic E-state index is 0.126. The van der Waals surface area contributed by atoms with Crippen LogP contribution in [0.1, 0.15) is 6.42 Å². The first-order chi connectivity index (χ1) is 9.65. The van der Waals surface area contributed by atoms with Gasteiger partial charge in [0.15, 0.2) is 5.96 Å². The molecule has 2 aliphatic heterocycles. The number of hydrogen-bond donors (Lipinski definition) is 2. The zero-order valence-corrected chi connectivity index (χ0v) is 16.0. The van der Waals surface area contributed by atoms with E-state index in [-0.39, 0.29) is 30.9 Å². The van der Waals surface area contributed by atoms with E-state index in [1.807, 2.05) is 21.2 Å². The summed E-state index contributed by atoms with van der Waals surface area (Å²) in [5, 5.41) is 2.46. The predicted molar refractivity (Wildman–Crippen MR) is 94.2 cm³/mol. The van der Waals surface area contributed by atoms with Crippen LogP contribution in [0.25, 0.3) is 0 Å². The fourth-order valence-electron chi connectivity index (χ4n) is 1.94. The molecular formula is C8H12I2N4O4S2. The van der Waals surface area contributed by atoms with Gasteiger partial charge in [-0.2, -0.15) is 0 Å². The summed E-state index contributed by atoms with van der Waals surface area (Å²) in [6.07, 6.45) is -0.186. The molecule has 3 atom stereocenters. The number of hydrogen-bond acceptors (Lipinski definition) is 8. The number of nitrogens with one attached hydrogen (secondary N) is 1. The number of amides is 2. The molecule has 0 aliphatic carbocycles. The summed E-state index contributed by atoms with van der Waals surface area (Å²) in [5.41, 5.74) is 5.45. The second kappa shape index (κ2) is 8.42. The number of carbonyl (C=O) groups excluding carboxylic acids is 1. The highest BCUT2D eigenvalue weighted by atomic mass is 127. The van der Waals surface area contributed by atoms with Crippen LogP contribution in [0.4, 0.5) is 4.79 Å². The Morgan fingerprint density at radius 1 is 1.55 bits per heavy atom. The fraction of sp³-hybridized carbons (Fsp3) is 0.750. The van der Waals surface area contributed by atoms with Gasteiger partial charge in [0.2, 0.25) is 0 Å². The van der Waals surface area contributed by atoms with Crippen molar-refractivity contribution < 1.29 is 17.9 Å². The number of nitrogens with two attached hydrogens (primary N) is 1. The molecular weight excluding hydrogens is 534 g/mol. The molecule has 2 aliphatic rings. The van der Waals surface area contributed by atoms with Gasteiger partial charge in [-0.05, 0) is 0 Å². The fourth-order valence-corrected chi connectivity index (χ4v) is 3.66. The Morgan fingerprint density at radius 3 is 3.00 bits per heavy atom. The molecule has 1 fully saturated rings. The zero-order valence-electron chi connectivity index (χ0n) is 10.0. The average molecular weight is 546 g/mol. The molecule has 12 heteroatoms. The van der Waals surface area contributed by atoms with Gasteiger partial charge >= 0.3 is 6.03 Å². The number of ether oxygens (including phenoxy) is 1. The van der Waals surface area contributed by atoms with E-state index in [2.05, 4.69) is 31.5 Å². The summed E-state index contributed by atoms with van der Waals surface area (Å²) >= 11 is 4.09. The summed E-state index contributed by atoms with van der Waals surface area (Å²) in [4.78, 5) is 17.3. The summed E-state index contributed by atoms with van der Waals surface area (Å²) in [6, 6.07) is -0.312. The molecule has 20 heavy (non-hydrogen) atoms. The van der Waals surface area contributed by atoms with E-state index >= 15 is 0 Å². The van der Waals surface area contributed by atoms with Gasteiger partial charge in [-0.3, -0.25) is 14.4 Å². The number of halogens is 2. The van der Waals surface area contributed by atoms with Crippen LogP contribution in [0.15, 0.2) is 4.99 Å². The summed E-state index contributed by atoms with van der Waals surface area (Å²) in [6.45, 7) is 0.577. The lowest BCUT2D eigenvalue weighted by atomic mass is 10.2. The van der Waals surface area contributed by atoms with Crippen molar-refractivity contribution in [2.24, 2.45) is 10.7 Å². The van der Waals surface area contributed by atoms with Gasteiger partial charge in [-0.1, -0.05) is 0 Å². The van der Waals surface area contributed by atoms with E-state index in [9.17, 15) is 4.79 Å². The normalized spacial score (nSPS) is 30.3. The van der Waals surface area contributed by atoms with Gasteiger partial charge in [0.05, 0.1) is 25.0 Å². The minimum Gasteiger partial charge on any atom is -0.370 e. The third kappa shape index (κ3) is 4.39. The van der Waals surface area contributed by atoms with Crippen LogP contribution in [-0.2, 0) is 13.1 Å². The molecule has 3 unspecified atom stereocenters. The third-order valence-electron chi connectivity index (χ3n) is 2.85. The molecule has 0 saturated carbocycles. The molecule has 0 aromatic rings. The Morgan fingerprint density at radius 2 is 2.35 bits per heavy atom. The monoisotopic (exact) mass is 546 g/mol. The van der Waals surface area contributed by atoms with Gasteiger partial charge in [-0.25, -0.2) is 9.79 Å². The number of guanidine groups is 1. The zero-order chi connectivity index (χ0) is 14.5. The van der Waals surface area contributed by atoms with Crippen LogP contribution >= 0.6 is 60.8 Å². The molecule has 2 amide bonds. The van der Waals surface area contributed by atoms with E-state index in [0.29, 0.717) is 13.0 Å². The highest BCUT2D eigenvalue weighted by Crippen LogP contribution is 2.32. The van der Waals surface area contributed by atoms with Gasteiger partial charge in [0, 0.05) is 48.8 Å². The van der Waals surface area contributed by atoms with Gasteiger partial charge < -0.3 is 14.7 Å². The topological polar surface area (TPSA) is 98.4 Å². The Labute approximate surface area is 148 Å². The number of rotatable bonds is 6. The summed E-state index contributed by atoms with van der Waals surface area (Å²) < 4.78 is 16.7. The second-order valence-corrected chi connectivity index (χ2v) is 6.83. The van der Waals surface area contributed by atoms with Crippen molar-refractivity contribution in [2.75, 3.05) is 13.3 Å². The Hall–Kier alpha value is 0.780. The Bertz CT molecular complexity index is 391. The van der Waals surface area contributed by atoms with E-state index < -0.39 is 6.23 Å². The molecule has 2 heterocycles. The van der Waals surface area contributed by atoms with Crippen molar-refractivity contribution in [3.63, 3.8) is 0 Å². The highest BCUT2D eigenvalue weighted by molar-refractivity contribution is 14.2. The Kier molecular flexibility index (Phi) is 7.22. The molecule has 1 saturated heterocycles. The number of aliphatic imine (C=N–C) groups is 1. The smallest absolute Gasteiger partial charge is 0.327 e. The van der Waals surface area contributed by atoms with E-state index in [1.165, 1.54) is 23.3 Å². The lowest BCUT2D eigenvalue weighted by Gasteiger charge is -2.29. The minimum atomic E-state index is -0.395. The first kappa shape index (κ1) is 17.1. The van der Waals surface area contributed by atoms with Crippen molar-refractivity contribution in [1.82, 2.24) is 10.2 Å².